The fourth-order valence-corrected chi connectivity index (χ4v) is 2.74. The van der Waals surface area contributed by atoms with E-state index in [1.165, 1.54) is 12.0 Å². The Morgan fingerprint density at radius 3 is 2.57 bits per heavy atom. The third-order valence-corrected chi connectivity index (χ3v) is 4.53. The molecule has 0 aliphatic rings. The van der Waals surface area contributed by atoms with Gasteiger partial charge in [0.1, 0.15) is 11.3 Å². The van der Waals surface area contributed by atoms with Crippen molar-refractivity contribution >= 4 is 29.2 Å². The second-order valence-corrected chi connectivity index (χ2v) is 6.57. The molecular formula is C21H21ClN2O4. The van der Waals surface area contributed by atoms with Gasteiger partial charge in [0.25, 0.3) is 5.91 Å². The number of hydrogen-bond donors (Lipinski definition) is 0. The van der Waals surface area contributed by atoms with E-state index in [-0.39, 0.29) is 18.5 Å². The third kappa shape index (κ3) is 5.24. The number of ether oxygens (including phenoxy) is 2. The van der Waals surface area contributed by atoms with Crippen molar-refractivity contribution in [2.24, 2.45) is 0 Å². The van der Waals surface area contributed by atoms with Crippen molar-refractivity contribution in [3.63, 3.8) is 0 Å². The van der Waals surface area contributed by atoms with Crippen molar-refractivity contribution < 1.29 is 19.1 Å². The molecule has 6 nitrogen and oxygen atoms in total. The quantitative estimate of drug-likeness (QED) is 0.654. The van der Waals surface area contributed by atoms with Crippen molar-refractivity contribution in [2.45, 2.75) is 20.3 Å². The largest absolute Gasteiger partial charge is 0.496 e. The number of rotatable bonds is 7. The van der Waals surface area contributed by atoms with E-state index in [9.17, 15) is 9.59 Å². The minimum Gasteiger partial charge on any atom is -0.496 e. The van der Waals surface area contributed by atoms with Crippen molar-refractivity contribution in [1.29, 1.82) is 5.26 Å². The van der Waals surface area contributed by atoms with Gasteiger partial charge in [-0.05, 0) is 49.7 Å². The van der Waals surface area contributed by atoms with Crippen LogP contribution in [0.3, 0.4) is 0 Å². The highest BCUT2D eigenvalue weighted by molar-refractivity contribution is 6.31. The van der Waals surface area contributed by atoms with Gasteiger partial charge in [0.2, 0.25) is 0 Å². The first-order valence-corrected chi connectivity index (χ1v) is 9.00. The van der Waals surface area contributed by atoms with E-state index in [0.29, 0.717) is 16.5 Å². The number of carbonyl (C=O) groups is 2. The second-order valence-electron chi connectivity index (χ2n) is 6.17. The number of anilines is 1. The van der Waals surface area contributed by atoms with Gasteiger partial charge >= 0.3 is 5.97 Å². The Labute approximate surface area is 169 Å². The second kappa shape index (κ2) is 9.77. The zero-order valence-electron chi connectivity index (χ0n) is 16.0. The lowest BCUT2D eigenvalue weighted by atomic mass is 10.1. The Hall–Kier alpha value is -3.04. The highest BCUT2D eigenvalue weighted by Gasteiger charge is 2.20. The van der Waals surface area contributed by atoms with Crippen LogP contribution >= 0.6 is 11.6 Å². The van der Waals surface area contributed by atoms with Crippen LogP contribution in [0.25, 0.3) is 0 Å². The minimum atomic E-state index is -0.651. The SMILES string of the molecule is COc1ccc(C)cc1C(=O)OCC(=O)N(CCC#N)c1ccc(Cl)c(C)c1. The van der Waals surface area contributed by atoms with Crippen LogP contribution < -0.4 is 9.64 Å². The summed E-state index contributed by atoms with van der Waals surface area (Å²) in [5.74, 6) is -0.712. The summed E-state index contributed by atoms with van der Waals surface area (Å²) in [6.45, 7) is 3.39. The molecule has 28 heavy (non-hydrogen) atoms. The number of nitriles is 1. The molecule has 0 saturated carbocycles. The highest BCUT2D eigenvalue weighted by Crippen LogP contribution is 2.24. The molecule has 0 bridgehead atoms. The van der Waals surface area contributed by atoms with Crippen LogP contribution in [0, 0.1) is 25.2 Å². The van der Waals surface area contributed by atoms with Gasteiger partial charge in [-0.25, -0.2) is 4.79 Å². The van der Waals surface area contributed by atoms with Gasteiger partial charge in [-0.2, -0.15) is 5.26 Å². The molecule has 1 amide bonds. The number of esters is 1. The molecule has 7 heteroatoms. The minimum absolute atomic E-state index is 0.146. The standard InChI is InChI=1S/C21H21ClN2O4/c1-14-5-8-19(27-3)17(11-14)21(26)28-13-20(25)24(10-4-9-23)16-6-7-18(22)15(2)12-16/h5-8,11-12H,4,10,13H2,1-3H3. The number of benzene rings is 2. The first-order valence-electron chi connectivity index (χ1n) is 8.62. The zero-order valence-corrected chi connectivity index (χ0v) is 16.7. The van der Waals surface area contributed by atoms with E-state index >= 15 is 0 Å². The van der Waals surface area contributed by atoms with Crippen LogP contribution in [0.5, 0.6) is 5.75 Å². The van der Waals surface area contributed by atoms with E-state index in [1.807, 2.05) is 26.0 Å². The summed E-state index contributed by atoms with van der Waals surface area (Å²) in [5, 5.41) is 9.46. The molecule has 0 saturated heterocycles. The maximum atomic E-state index is 12.7. The lowest BCUT2D eigenvalue weighted by Crippen LogP contribution is -2.35. The molecule has 0 radical (unpaired) electrons. The molecule has 0 aliphatic carbocycles. The molecule has 0 spiro atoms. The third-order valence-electron chi connectivity index (χ3n) is 4.10. The van der Waals surface area contributed by atoms with Crippen LogP contribution in [-0.2, 0) is 9.53 Å². The molecular weight excluding hydrogens is 380 g/mol. The normalized spacial score (nSPS) is 10.1. The number of methoxy groups -OCH3 is 1. The number of nitrogens with zero attached hydrogens (tertiary/aromatic N) is 2. The molecule has 2 aromatic carbocycles. The van der Waals surface area contributed by atoms with E-state index in [4.69, 9.17) is 26.3 Å². The highest BCUT2D eigenvalue weighted by atomic mass is 35.5. The van der Waals surface area contributed by atoms with Crippen molar-refractivity contribution in [3.05, 3.63) is 58.1 Å². The summed E-state index contributed by atoms with van der Waals surface area (Å²) in [5.41, 5.74) is 2.51. The van der Waals surface area contributed by atoms with Gasteiger partial charge in [-0.15, -0.1) is 0 Å². The molecule has 146 valence electrons. The van der Waals surface area contributed by atoms with E-state index in [2.05, 4.69) is 0 Å². The summed E-state index contributed by atoms with van der Waals surface area (Å²) in [4.78, 5) is 26.5. The van der Waals surface area contributed by atoms with Gasteiger partial charge in [-0.3, -0.25) is 4.79 Å². The van der Waals surface area contributed by atoms with Crippen molar-refractivity contribution in [2.75, 3.05) is 25.2 Å². The van der Waals surface area contributed by atoms with E-state index < -0.39 is 18.5 Å². The van der Waals surface area contributed by atoms with Crippen molar-refractivity contribution in [3.8, 4) is 11.8 Å². The fraction of sp³-hybridized carbons (Fsp3) is 0.286. The molecule has 0 unspecified atom stereocenters. The monoisotopic (exact) mass is 400 g/mol. The molecule has 0 N–H and O–H groups in total. The first kappa shape index (κ1) is 21.3. The Morgan fingerprint density at radius 1 is 1.18 bits per heavy atom. The molecule has 0 atom stereocenters. The van der Waals surface area contributed by atoms with Crippen LogP contribution in [0.1, 0.15) is 27.9 Å². The smallest absolute Gasteiger partial charge is 0.342 e. The van der Waals surface area contributed by atoms with Gasteiger partial charge < -0.3 is 14.4 Å². The summed E-state index contributed by atoms with van der Waals surface area (Å²) in [6, 6.07) is 12.3. The molecule has 0 fully saturated rings. The van der Waals surface area contributed by atoms with E-state index in [1.54, 1.807) is 30.3 Å². The average Bonchev–Trinajstić information content (AvgIpc) is 2.68. The first-order chi connectivity index (χ1) is 13.4. The molecule has 2 aromatic rings. The predicted molar refractivity (Wildman–Crippen MR) is 107 cm³/mol. The predicted octanol–water partition coefficient (Wildman–Crippen LogP) is 4.07. The van der Waals surface area contributed by atoms with Gasteiger partial charge in [0.15, 0.2) is 6.61 Å². The van der Waals surface area contributed by atoms with Crippen LogP contribution in [0.15, 0.2) is 36.4 Å². The zero-order chi connectivity index (χ0) is 20.7. The number of amides is 1. The summed E-state index contributed by atoms with van der Waals surface area (Å²) in [6.07, 6.45) is 0.146. The maximum absolute atomic E-state index is 12.7. The number of hydrogen-bond acceptors (Lipinski definition) is 5. The fourth-order valence-electron chi connectivity index (χ4n) is 2.62. The van der Waals surface area contributed by atoms with Crippen molar-refractivity contribution in [1.82, 2.24) is 0 Å². The number of aryl methyl sites for hydroxylation is 2. The Morgan fingerprint density at radius 2 is 1.93 bits per heavy atom. The van der Waals surface area contributed by atoms with Gasteiger partial charge in [0.05, 0.1) is 19.6 Å². The van der Waals surface area contributed by atoms with Crippen LogP contribution in [0.4, 0.5) is 5.69 Å². The summed E-state index contributed by atoms with van der Waals surface area (Å²) < 4.78 is 10.4. The van der Waals surface area contributed by atoms with Crippen LogP contribution in [-0.4, -0.2) is 32.1 Å². The van der Waals surface area contributed by atoms with Crippen LogP contribution in [0.2, 0.25) is 5.02 Å². The number of halogens is 1. The lowest BCUT2D eigenvalue weighted by Gasteiger charge is -2.22. The van der Waals surface area contributed by atoms with Gasteiger partial charge in [-0.1, -0.05) is 23.2 Å². The Balaban J connectivity index is 2.15. The van der Waals surface area contributed by atoms with E-state index in [0.717, 1.165) is 11.1 Å². The Bertz CT molecular complexity index is 921. The number of carbonyl (C=O) groups excluding carboxylic acids is 2. The molecule has 0 aliphatic heterocycles. The molecule has 2 rings (SSSR count). The summed E-state index contributed by atoms with van der Waals surface area (Å²) >= 11 is 6.04. The maximum Gasteiger partial charge on any atom is 0.342 e. The molecule has 0 heterocycles. The molecule has 0 aromatic heterocycles. The summed E-state index contributed by atoms with van der Waals surface area (Å²) in [7, 11) is 1.46. The topological polar surface area (TPSA) is 79.6 Å². The Kier molecular flexibility index (Phi) is 7.42. The lowest BCUT2D eigenvalue weighted by molar-refractivity contribution is -0.121. The van der Waals surface area contributed by atoms with Gasteiger partial charge in [0, 0.05) is 17.3 Å². The average molecular weight is 401 g/mol.